The fourth-order valence-electron chi connectivity index (χ4n) is 2.26. The molecule has 0 aromatic carbocycles. The van der Waals surface area contributed by atoms with Crippen molar-refractivity contribution in [1.82, 2.24) is 10.2 Å². The smallest absolute Gasteiger partial charge is 0.0277 e. The molecule has 0 spiro atoms. The average Bonchev–Trinajstić information content (AvgIpc) is 2.49. The summed E-state index contributed by atoms with van der Waals surface area (Å²) in [6.45, 7) is 12.9. The van der Waals surface area contributed by atoms with Crippen LogP contribution >= 0.6 is 11.8 Å². The van der Waals surface area contributed by atoms with Crippen molar-refractivity contribution < 1.29 is 0 Å². The minimum absolute atomic E-state index is 0.321. The number of thioether (sulfide) groups is 1. The van der Waals surface area contributed by atoms with Crippen molar-refractivity contribution in [2.45, 2.75) is 52.1 Å². The molecule has 1 aliphatic rings. The SMILES string of the molecule is CCSCC(C)N1CCCNC(C)(CC)C1. The minimum atomic E-state index is 0.321. The normalized spacial score (nSPS) is 30.0. The second-order valence-corrected chi connectivity index (χ2v) is 6.49. The summed E-state index contributed by atoms with van der Waals surface area (Å²) in [5.74, 6) is 2.51. The quantitative estimate of drug-likeness (QED) is 0.800. The van der Waals surface area contributed by atoms with E-state index in [2.05, 4.69) is 49.7 Å². The molecule has 1 saturated heterocycles. The van der Waals surface area contributed by atoms with Gasteiger partial charge in [0, 0.05) is 23.9 Å². The summed E-state index contributed by atoms with van der Waals surface area (Å²) in [7, 11) is 0. The van der Waals surface area contributed by atoms with Gasteiger partial charge in [-0.1, -0.05) is 13.8 Å². The first kappa shape index (κ1) is 14.3. The van der Waals surface area contributed by atoms with Crippen LogP contribution in [-0.4, -0.2) is 47.6 Å². The Bertz CT molecular complexity index is 198. The Morgan fingerprint density at radius 1 is 1.44 bits per heavy atom. The molecule has 16 heavy (non-hydrogen) atoms. The summed E-state index contributed by atoms with van der Waals surface area (Å²) < 4.78 is 0. The molecule has 0 bridgehead atoms. The van der Waals surface area contributed by atoms with Crippen LogP contribution in [0.1, 0.15) is 40.5 Å². The van der Waals surface area contributed by atoms with Gasteiger partial charge in [0.1, 0.15) is 0 Å². The molecule has 96 valence electrons. The maximum atomic E-state index is 3.70. The molecule has 2 nitrogen and oxygen atoms in total. The minimum Gasteiger partial charge on any atom is -0.310 e. The Kier molecular flexibility index (Phi) is 6.16. The number of hydrogen-bond acceptors (Lipinski definition) is 3. The molecule has 1 aliphatic heterocycles. The summed E-state index contributed by atoms with van der Waals surface area (Å²) in [6, 6.07) is 0.718. The van der Waals surface area contributed by atoms with E-state index in [1.165, 1.54) is 44.0 Å². The van der Waals surface area contributed by atoms with Gasteiger partial charge in [-0.25, -0.2) is 0 Å². The van der Waals surface area contributed by atoms with Gasteiger partial charge in [-0.15, -0.1) is 0 Å². The van der Waals surface area contributed by atoms with E-state index >= 15 is 0 Å². The van der Waals surface area contributed by atoms with Crippen molar-refractivity contribution in [3.8, 4) is 0 Å². The number of rotatable bonds is 5. The lowest BCUT2D eigenvalue weighted by molar-refractivity contribution is 0.181. The molecule has 0 aliphatic carbocycles. The van der Waals surface area contributed by atoms with Gasteiger partial charge < -0.3 is 5.32 Å². The standard InChI is InChI=1S/C13H28N2S/c1-5-13(4)11-15(9-7-8-14-13)12(3)10-16-6-2/h12,14H,5-11H2,1-4H3. The molecular weight excluding hydrogens is 216 g/mol. The van der Waals surface area contributed by atoms with E-state index < -0.39 is 0 Å². The highest BCUT2D eigenvalue weighted by Gasteiger charge is 2.28. The topological polar surface area (TPSA) is 15.3 Å². The van der Waals surface area contributed by atoms with E-state index in [0.717, 1.165) is 6.04 Å². The molecule has 0 amide bonds. The van der Waals surface area contributed by atoms with Crippen LogP contribution in [0.15, 0.2) is 0 Å². The number of hydrogen-bond donors (Lipinski definition) is 1. The molecule has 1 rings (SSSR count). The Morgan fingerprint density at radius 2 is 2.19 bits per heavy atom. The molecule has 2 unspecified atom stereocenters. The maximum Gasteiger partial charge on any atom is 0.0277 e. The summed E-state index contributed by atoms with van der Waals surface area (Å²) in [4.78, 5) is 2.67. The highest BCUT2D eigenvalue weighted by molar-refractivity contribution is 7.99. The Hall–Kier alpha value is 0.270. The van der Waals surface area contributed by atoms with Crippen LogP contribution in [0.3, 0.4) is 0 Å². The molecule has 2 atom stereocenters. The van der Waals surface area contributed by atoms with Gasteiger partial charge in [0.25, 0.3) is 0 Å². The van der Waals surface area contributed by atoms with Crippen molar-refractivity contribution >= 4 is 11.8 Å². The Morgan fingerprint density at radius 3 is 2.81 bits per heavy atom. The van der Waals surface area contributed by atoms with Crippen molar-refractivity contribution in [1.29, 1.82) is 0 Å². The van der Waals surface area contributed by atoms with Crippen LogP contribution in [0.4, 0.5) is 0 Å². The first-order valence-corrected chi connectivity index (χ1v) is 7.83. The second-order valence-electron chi connectivity index (χ2n) is 5.17. The van der Waals surface area contributed by atoms with E-state index in [-0.39, 0.29) is 0 Å². The van der Waals surface area contributed by atoms with E-state index in [1.807, 2.05) is 0 Å². The van der Waals surface area contributed by atoms with Gasteiger partial charge >= 0.3 is 0 Å². The zero-order valence-corrected chi connectivity index (χ0v) is 12.2. The zero-order valence-electron chi connectivity index (χ0n) is 11.4. The third-order valence-electron chi connectivity index (χ3n) is 3.69. The van der Waals surface area contributed by atoms with Gasteiger partial charge in [-0.3, -0.25) is 4.90 Å². The van der Waals surface area contributed by atoms with Crippen LogP contribution < -0.4 is 5.32 Å². The first-order valence-electron chi connectivity index (χ1n) is 6.68. The third-order valence-corrected chi connectivity index (χ3v) is 4.82. The molecule has 3 heteroatoms. The zero-order chi connectivity index (χ0) is 12.0. The lowest BCUT2D eigenvalue weighted by Gasteiger charge is -2.35. The Labute approximate surface area is 106 Å². The summed E-state index contributed by atoms with van der Waals surface area (Å²) in [5, 5.41) is 3.70. The summed E-state index contributed by atoms with van der Waals surface area (Å²) in [6.07, 6.45) is 2.51. The van der Waals surface area contributed by atoms with Crippen molar-refractivity contribution in [2.24, 2.45) is 0 Å². The predicted molar refractivity (Wildman–Crippen MR) is 75.3 cm³/mol. The fraction of sp³-hybridized carbons (Fsp3) is 1.00. The van der Waals surface area contributed by atoms with Gasteiger partial charge in [0.05, 0.1) is 0 Å². The summed E-state index contributed by atoms with van der Waals surface area (Å²) in [5.41, 5.74) is 0.321. The molecule has 1 N–H and O–H groups in total. The van der Waals surface area contributed by atoms with Gasteiger partial charge in [0.2, 0.25) is 0 Å². The first-order chi connectivity index (χ1) is 7.61. The Balaban J connectivity index is 2.50. The number of nitrogens with one attached hydrogen (secondary N) is 1. The highest BCUT2D eigenvalue weighted by Crippen LogP contribution is 2.18. The van der Waals surface area contributed by atoms with Gasteiger partial charge in [-0.05, 0) is 45.5 Å². The van der Waals surface area contributed by atoms with E-state index in [1.54, 1.807) is 0 Å². The molecular formula is C13H28N2S. The van der Waals surface area contributed by atoms with Crippen LogP contribution in [0.25, 0.3) is 0 Å². The molecule has 1 fully saturated rings. The van der Waals surface area contributed by atoms with Crippen LogP contribution in [-0.2, 0) is 0 Å². The highest BCUT2D eigenvalue weighted by atomic mass is 32.2. The summed E-state index contributed by atoms with van der Waals surface area (Å²) >= 11 is 2.06. The van der Waals surface area contributed by atoms with Gasteiger partial charge in [-0.2, -0.15) is 11.8 Å². The maximum absolute atomic E-state index is 3.70. The van der Waals surface area contributed by atoms with Crippen LogP contribution in [0, 0.1) is 0 Å². The third kappa shape index (κ3) is 4.27. The van der Waals surface area contributed by atoms with Crippen molar-refractivity contribution in [3.05, 3.63) is 0 Å². The van der Waals surface area contributed by atoms with E-state index in [4.69, 9.17) is 0 Å². The molecule has 0 radical (unpaired) electrons. The van der Waals surface area contributed by atoms with Crippen LogP contribution in [0.2, 0.25) is 0 Å². The second kappa shape index (κ2) is 6.87. The van der Waals surface area contributed by atoms with E-state index in [9.17, 15) is 0 Å². The van der Waals surface area contributed by atoms with Crippen LogP contribution in [0.5, 0.6) is 0 Å². The molecule has 0 saturated carbocycles. The average molecular weight is 244 g/mol. The van der Waals surface area contributed by atoms with Crippen molar-refractivity contribution in [3.63, 3.8) is 0 Å². The molecule has 0 aromatic rings. The largest absolute Gasteiger partial charge is 0.310 e. The molecule has 1 heterocycles. The van der Waals surface area contributed by atoms with Gasteiger partial charge in [0.15, 0.2) is 0 Å². The monoisotopic (exact) mass is 244 g/mol. The predicted octanol–water partition coefficient (Wildman–Crippen LogP) is 2.59. The van der Waals surface area contributed by atoms with Crippen molar-refractivity contribution in [2.75, 3.05) is 31.1 Å². The lowest BCUT2D eigenvalue weighted by Crippen LogP contribution is -2.50. The lowest BCUT2D eigenvalue weighted by atomic mass is 9.98. The van der Waals surface area contributed by atoms with E-state index in [0.29, 0.717) is 5.54 Å². The fourth-order valence-corrected chi connectivity index (χ4v) is 3.05. The molecule has 0 aromatic heterocycles. The number of nitrogens with zero attached hydrogens (tertiary/aromatic N) is 1.